The van der Waals surface area contributed by atoms with E-state index in [9.17, 15) is 64.1 Å². The average Bonchev–Trinajstić information content (AvgIpc) is 4.21. The van der Waals surface area contributed by atoms with Crippen LogP contribution in [0.2, 0.25) is 0 Å². The number of ether oxygens (including phenoxy) is 1. The van der Waals surface area contributed by atoms with E-state index in [1.165, 1.54) is 36.9 Å². The molecule has 1 aromatic heterocycles. The van der Waals surface area contributed by atoms with Crippen LogP contribution in [0.25, 0.3) is 10.9 Å². The molecule has 4 fully saturated rings. The number of fused-ring (bicyclic) bond motifs is 4. The summed E-state index contributed by atoms with van der Waals surface area (Å²) in [5, 5.41) is 28.8. The maximum Gasteiger partial charge on any atom is 0.441 e. The summed E-state index contributed by atoms with van der Waals surface area (Å²) in [6.45, 7) is 20.1. The Hall–Kier alpha value is -5.89. The Bertz CT molecular complexity index is 2970. The maximum absolute atomic E-state index is 13.9. The molecule has 0 spiro atoms. The minimum atomic E-state index is -5.00. The van der Waals surface area contributed by atoms with Crippen LogP contribution in [0.15, 0.2) is 41.2 Å². The number of carbonyl (C=O) groups is 2. The number of aryl methyl sites for hydroxylation is 4. The molecule has 74 heavy (non-hydrogen) atoms. The van der Waals surface area contributed by atoms with E-state index in [4.69, 9.17) is 4.74 Å². The number of nitrogens with zero attached hydrogens (tertiary/aromatic N) is 2. The largest absolute Gasteiger partial charge is 0.441 e. The van der Waals surface area contributed by atoms with Crippen LogP contribution in [0.3, 0.4) is 0 Å². The number of morpholine rings is 1. The number of hydrogen-bond donors (Lipinski definition) is 7. The zero-order valence-corrected chi connectivity index (χ0v) is 42.3. The summed E-state index contributed by atoms with van der Waals surface area (Å²) in [4.78, 5) is 41.8. The van der Waals surface area contributed by atoms with E-state index in [1.807, 2.05) is 12.2 Å². The van der Waals surface area contributed by atoms with Crippen LogP contribution in [0.5, 0.6) is 0 Å². The number of alkyl halides is 9. The van der Waals surface area contributed by atoms with E-state index in [0.29, 0.717) is 28.1 Å². The van der Waals surface area contributed by atoms with Gasteiger partial charge in [0.05, 0.1) is 30.0 Å². The molecule has 3 aliphatic heterocycles. The van der Waals surface area contributed by atoms with Crippen molar-refractivity contribution in [1.29, 1.82) is 0 Å². The van der Waals surface area contributed by atoms with Crippen molar-refractivity contribution in [2.45, 2.75) is 129 Å². The van der Waals surface area contributed by atoms with Gasteiger partial charge in [-0.25, -0.2) is 14.4 Å². The lowest BCUT2D eigenvalue weighted by molar-refractivity contribution is -0.275. The van der Waals surface area contributed by atoms with Crippen molar-refractivity contribution in [3.05, 3.63) is 97.1 Å². The number of aromatic amines is 1. The molecule has 0 bridgehead atoms. The molecule has 4 aromatic rings. The molecule has 402 valence electrons. The summed E-state index contributed by atoms with van der Waals surface area (Å²) in [6, 6.07) is 7.53. The Labute approximate surface area is 421 Å². The summed E-state index contributed by atoms with van der Waals surface area (Å²) < 4.78 is 124. The van der Waals surface area contributed by atoms with Crippen LogP contribution < -0.4 is 27.0 Å². The smallest absolute Gasteiger partial charge is 0.389 e. The average molecular weight is 1050 g/mol. The number of aromatic nitrogens is 2. The van der Waals surface area contributed by atoms with Crippen LogP contribution in [0.4, 0.5) is 60.5 Å². The monoisotopic (exact) mass is 1050 g/mol. The van der Waals surface area contributed by atoms with Crippen molar-refractivity contribution in [1.82, 2.24) is 25.5 Å². The molecule has 6 aliphatic rings. The first kappa shape index (κ1) is 55.9. The second kappa shape index (κ2) is 19.7. The van der Waals surface area contributed by atoms with Gasteiger partial charge in [0.2, 0.25) is 5.54 Å². The molecule has 1 saturated heterocycles. The fourth-order valence-corrected chi connectivity index (χ4v) is 10.6. The number of amides is 4. The van der Waals surface area contributed by atoms with E-state index in [1.54, 1.807) is 57.8 Å². The van der Waals surface area contributed by atoms with Gasteiger partial charge in [-0.2, -0.15) is 44.5 Å². The third-order valence-electron chi connectivity index (χ3n) is 15.5. The van der Waals surface area contributed by atoms with Gasteiger partial charge in [0.25, 0.3) is 5.72 Å². The van der Waals surface area contributed by atoms with E-state index < -0.39 is 58.8 Å². The third-order valence-corrected chi connectivity index (χ3v) is 15.5. The second-order valence-electron chi connectivity index (χ2n) is 20.8. The number of halogens is 9. The Balaban J connectivity index is 0.000000145. The standard InChI is InChI=1S/C16H15F3N2O.C14H25NO2.C11H11F3N2O2.C11H9F3N2O/c1-9-3-6-12-13(10(9)2)15(16(17,18)19,21-14(22)20-12)8-7-11-4-5-11;1-13(2)10-8-12(14(3,16)9-11(10)13)15-4-6-17-7-5-15;1-5-3-4-7-8(6(5)2)10(18,11(12,13)14)16-9(17)15-7;1-5-3-4-7-8(6(5)2)9(11(12,13)14)16-10(17)15-7/h3,6,11H,4-5H2,1-2H3,(H2,20,21,22);10-12,16H,4-9H2,1-3H3;3-4,18H,1-2H3,(H2,15,16,17);3-4H,1-2H3,(H,15,16,17)/t15-;10-,11+,12?,14?;;/m01../s1. The SMILES string of the molecule is CC1(O)C[C@H]2[C@@H](CC1N1CCOCC1)C2(C)C.Cc1ccc2c(c1C)C(O)(C(F)(F)F)NC(=O)N2.Cc1ccc2c(c1C)[C@@](C#CC1CC1)(C(F)(F)F)NC(=O)N2.Cc1ccc2nc(=O)[nH]c(C(F)(F)F)c2c1C. The van der Waals surface area contributed by atoms with Crippen molar-refractivity contribution in [2.24, 2.45) is 23.2 Å². The van der Waals surface area contributed by atoms with Crippen LogP contribution in [-0.4, -0.2) is 87.4 Å². The molecule has 0 radical (unpaired) electrons. The number of hydrogen-bond acceptors (Lipinski definition) is 8. The molecule has 4 amide bonds. The van der Waals surface area contributed by atoms with Gasteiger partial charge < -0.3 is 35.9 Å². The van der Waals surface area contributed by atoms with Crippen LogP contribution in [-0.2, 0) is 22.2 Å². The molecule has 4 heterocycles. The first-order valence-electron chi connectivity index (χ1n) is 24.0. The van der Waals surface area contributed by atoms with Gasteiger partial charge in [-0.05, 0) is 143 Å². The molecule has 10 rings (SSSR count). The topological polar surface area (TPSA) is 181 Å². The molecule has 3 unspecified atom stereocenters. The minimum Gasteiger partial charge on any atom is -0.389 e. The first-order chi connectivity index (χ1) is 34.1. The highest BCUT2D eigenvalue weighted by Crippen LogP contribution is 2.67. The Morgan fingerprint density at radius 2 is 1.23 bits per heavy atom. The Kier molecular flexibility index (Phi) is 14.8. The van der Waals surface area contributed by atoms with Crippen molar-refractivity contribution in [3.8, 4) is 11.8 Å². The lowest BCUT2D eigenvalue weighted by Gasteiger charge is -2.45. The number of H-pyrrole nitrogens is 1. The molecule has 7 N–H and O–H groups in total. The second-order valence-corrected chi connectivity index (χ2v) is 20.8. The Morgan fingerprint density at radius 3 is 1.77 bits per heavy atom. The van der Waals surface area contributed by atoms with Crippen LogP contribution >= 0.6 is 0 Å². The lowest BCUT2D eigenvalue weighted by atomic mass is 9.80. The maximum atomic E-state index is 13.9. The van der Waals surface area contributed by atoms with E-state index in [-0.39, 0.29) is 44.9 Å². The number of carbonyl (C=O) groups excluding carboxylic acids is 2. The van der Waals surface area contributed by atoms with Crippen molar-refractivity contribution in [3.63, 3.8) is 0 Å². The number of anilines is 2. The van der Waals surface area contributed by atoms with E-state index in [2.05, 4.69) is 46.2 Å². The highest BCUT2D eigenvalue weighted by molar-refractivity contribution is 5.96. The van der Waals surface area contributed by atoms with Gasteiger partial charge in [0.1, 0.15) is 5.69 Å². The van der Waals surface area contributed by atoms with Gasteiger partial charge in [-0.15, -0.1) is 0 Å². The summed E-state index contributed by atoms with van der Waals surface area (Å²) >= 11 is 0. The summed E-state index contributed by atoms with van der Waals surface area (Å²) in [5.74, 6) is 6.59. The summed E-state index contributed by atoms with van der Waals surface area (Å²) in [7, 11) is 0. The molecule has 6 atom stereocenters. The zero-order valence-electron chi connectivity index (χ0n) is 42.3. The Morgan fingerprint density at radius 1 is 0.703 bits per heavy atom. The number of aliphatic hydroxyl groups is 2. The molecule has 22 heteroatoms. The number of nitrogens with one attached hydrogen (secondary N) is 5. The summed E-state index contributed by atoms with van der Waals surface area (Å²) in [6.07, 6.45) is -10.5. The summed E-state index contributed by atoms with van der Waals surface area (Å²) in [5.41, 5.74) is -5.01. The molecular weight excluding hydrogens is 990 g/mol. The number of urea groups is 2. The fraction of sp³-hybridized carbons (Fsp3) is 0.538. The minimum absolute atomic E-state index is 0.000391. The van der Waals surface area contributed by atoms with E-state index >= 15 is 0 Å². The quantitative estimate of drug-likeness (QED) is 0.0727. The highest BCUT2D eigenvalue weighted by Gasteiger charge is 2.65. The van der Waals surface area contributed by atoms with Crippen molar-refractivity contribution in [2.75, 3.05) is 36.9 Å². The molecule has 3 aliphatic carbocycles. The van der Waals surface area contributed by atoms with Crippen LogP contribution in [0.1, 0.15) is 96.7 Å². The molecular formula is C52H60F9N7O6. The molecule has 13 nitrogen and oxygen atoms in total. The lowest BCUT2D eigenvalue weighted by Crippen LogP contribution is -2.60. The fourth-order valence-electron chi connectivity index (χ4n) is 10.6. The van der Waals surface area contributed by atoms with Gasteiger partial charge in [0.15, 0.2) is 0 Å². The number of benzene rings is 3. The highest BCUT2D eigenvalue weighted by atomic mass is 19.4. The van der Waals surface area contributed by atoms with Gasteiger partial charge >= 0.3 is 36.3 Å². The van der Waals surface area contributed by atoms with Crippen molar-refractivity contribution < 1.29 is 64.1 Å². The first-order valence-corrected chi connectivity index (χ1v) is 24.0. The van der Waals surface area contributed by atoms with Gasteiger partial charge in [-0.1, -0.05) is 43.9 Å². The van der Waals surface area contributed by atoms with Gasteiger partial charge in [0, 0.05) is 47.2 Å². The zero-order chi connectivity index (χ0) is 54.9. The predicted molar refractivity (Wildman–Crippen MR) is 258 cm³/mol. The number of rotatable bonds is 1. The molecule has 3 aromatic carbocycles. The normalized spacial score (nSPS) is 26.9. The van der Waals surface area contributed by atoms with Crippen molar-refractivity contribution >= 4 is 34.3 Å². The van der Waals surface area contributed by atoms with Crippen LogP contribution in [0, 0.1) is 76.6 Å². The molecule has 3 saturated carbocycles. The van der Waals surface area contributed by atoms with Gasteiger partial charge in [-0.3, -0.25) is 10.2 Å². The predicted octanol–water partition coefficient (Wildman–Crippen LogP) is 9.82. The van der Waals surface area contributed by atoms with E-state index in [0.717, 1.165) is 68.5 Å². The third kappa shape index (κ3) is 10.8.